The number of anilines is 1. The summed E-state index contributed by atoms with van der Waals surface area (Å²) < 4.78 is 16.0. The van der Waals surface area contributed by atoms with E-state index in [2.05, 4.69) is 34.1 Å². The molecule has 0 aliphatic rings. The molecule has 7 nitrogen and oxygen atoms in total. The molecule has 0 saturated carbocycles. The third-order valence-corrected chi connectivity index (χ3v) is 4.05. The number of nitrogens with one attached hydrogen (secondary N) is 1. The molecule has 0 aliphatic heterocycles. The summed E-state index contributed by atoms with van der Waals surface area (Å²) in [4.78, 5) is 13.6. The van der Waals surface area contributed by atoms with Crippen molar-refractivity contribution in [2.45, 2.75) is 39.7 Å². The lowest BCUT2D eigenvalue weighted by Crippen LogP contribution is -2.19. The van der Waals surface area contributed by atoms with Crippen LogP contribution in [-0.4, -0.2) is 42.3 Å². The maximum Gasteiger partial charge on any atom is 0.257 e. The molecule has 0 saturated heterocycles. The number of hydrogen-bond donors (Lipinski definition) is 1. The summed E-state index contributed by atoms with van der Waals surface area (Å²) in [6.07, 6.45) is 2.00. The average molecular weight is 346 g/mol. The van der Waals surface area contributed by atoms with Crippen molar-refractivity contribution in [1.29, 1.82) is 0 Å². The lowest BCUT2D eigenvalue weighted by atomic mass is 10.1. The van der Waals surface area contributed by atoms with Crippen molar-refractivity contribution in [3.05, 3.63) is 17.8 Å². The van der Waals surface area contributed by atoms with Gasteiger partial charge < -0.3 is 19.5 Å². The molecule has 0 unspecified atom stereocenters. The van der Waals surface area contributed by atoms with Crippen molar-refractivity contribution in [1.82, 2.24) is 15.0 Å². The van der Waals surface area contributed by atoms with Crippen molar-refractivity contribution in [2.24, 2.45) is 0 Å². The van der Waals surface area contributed by atoms with Crippen LogP contribution in [0, 0.1) is 6.92 Å². The monoisotopic (exact) mass is 346 g/mol. The fourth-order valence-corrected chi connectivity index (χ4v) is 2.55. The molecule has 25 heavy (non-hydrogen) atoms. The van der Waals surface area contributed by atoms with Crippen LogP contribution in [0.15, 0.2) is 12.1 Å². The average Bonchev–Trinajstić information content (AvgIpc) is 2.65. The van der Waals surface area contributed by atoms with E-state index < -0.39 is 0 Å². The maximum absolute atomic E-state index is 5.45. The molecule has 2 aromatic heterocycles. The maximum atomic E-state index is 5.45. The number of nitrogens with zero attached hydrogens (tertiary/aromatic N) is 3. The fourth-order valence-electron chi connectivity index (χ4n) is 2.55. The minimum absolute atomic E-state index is 0.325. The summed E-state index contributed by atoms with van der Waals surface area (Å²) in [5.74, 6) is 2.01. The molecule has 2 heterocycles. The Kier molecular flexibility index (Phi) is 6.38. The molecule has 0 radical (unpaired) electrons. The third-order valence-electron chi connectivity index (χ3n) is 4.05. The van der Waals surface area contributed by atoms with Gasteiger partial charge in [-0.3, -0.25) is 0 Å². The second-order valence-corrected chi connectivity index (χ2v) is 5.58. The van der Waals surface area contributed by atoms with E-state index in [1.807, 2.05) is 13.0 Å². The van der Waals surface area contributed by atoms with Crippen molar-refractivity contribution < 1.29 is 14.2 Å². The molecule has 2 aromatic rings. The molecule has 0 aliphatic carbocycles. The highest BCUT2D eigenvalue weighted by Crippen LogP contribution is 2.34. The molecule has 0 amide bonds. The van der Waals surface area contributed by atoms with Crippen molar-refractivity contribution in [3.8, 4) is 28.9 Å². The normalized spacial score (nSPS) is 10.7. The van der Waals surface area contributed by atoms with Crippen LogP contribution in [0.1, 0.15) is 32.4 Å². The van der Waals surface area contributed by atoms with E-state index in [0.717, 1.165) is 24.1 Å². The Morgan fingerprint density at radius 2 is 1.60 bits per heavy atom. The number of pyridine rings is 1. The lowest BCUT2D eigenvalue weighted by molar-refractivity contribution is 0.365. The van der Waals surface area contributed by atoms with Crippen LogP contribution in [0.2, 0.25) is 0 Å². The van der Waals surface area contributed by atoms with E-state index in [4.69, 9.17) is 14.2 Å². The van der Waals surface area contributed by atoms with Gasteiger partial charge in [-0.2, -0.15) is 4.98 Å². The minimum atomic E-state index is 0.325. The predicted molar refractivity (Wildman–Crippen MR) is 97.6 cm³/mol. The molecule has 7 heteroatoms. The van der Waals surface area contributed by atoms with Crippen molar-refractivity contribution in [3.63, 3.8) is 0 Å². The van der Waals surface area contributed by atoms with Gasteiger partial charge in [0, 0.05) is 12.1 Å². The Labute approximate surface area is 148 Å². The van der Waals surface area contributed by atoms with Gasteiger partial charge in [0.1, 0.15) is 5.69 Å². The molecule has 0 atom stereocenters. The highest BCUT2D eigenvalue weighted by Gasteiger charge is 2.19. The van der Waals surface area contributed by atoms with Gasteiger partial charge in [0.05, 0.1) is 32.6 Å². The summed E-state index contributed by atoms with van der Waals surface area (Å²) in [6.45, 7) is 6.18. The van der Waals surface area contributed by atoms with Gasteiger partial charge >= 0.3 is 0 Å². The number of methoxy groups -OCH3 is 3. The van der Waals surface area contributed by atoms with E-state index in [1.54, 1.807) is 27.4 Å². The van der Waals surface area contributed by atoms with Gasteiger partial charge in [-0.25, -0.2) is 9.97 Å². The Bertz CT molecular complexity index is 718. The molecular formula is C18H26N4O3. The molecule has 0 aromatic carbocycles. The summed E-state index contributed by atoms with van der Waals surface area (Å²) in [6, 6.07) is 3.95. The number of aryl methyl sites for hydroxylation is 1. The summed E-state index contributed by atoms with van der Waals surface area (Å²) in [7, 11) is 4.72. The van der Waals surface area contributed by atoms with Crippen LogP contribution in [0.3, 0.4) is 0 Å². The standard InChI is InChI=1S/C18H26N4O3/c1-7-12(8-2)20-16-18(25-6)22-15(11(3)19-16)13-9-10-14(23-4)21-17(13)24-5/h9-10,12H,7-8H2,1-6H3,(H,19,20). The van der Waals surface area contributed by atoms with Gasteiger partial charge in [0.25, 0.3) is 5.88 Å². The molecule has 0 bridgehead atoms. The zero-order valence-electron chi connectivity index (χ0n) is 15.7. The summed E-state index contributed by atoms with van der Waals surface area (Å²) in [5, 5.41) is 3.40. The fraction of sp³-hybridized carbons (Fsp3) is 0.500. The van der Waals surface area contributed by atoms with E-state index >= 15 is 0 Å². The first-order valence-electron chi connectivity index (χ1n) is 8.36. The minimum Gasteiger partial charge on any atom is -0.481 e. The Balaban J connectivity index is 2.50. The lowest BCUT2D eigenvalue weighted by Gasteiger charge is -2.19. The largest absolute Gasteiger partial charge is 0.481 e. The zero-order chi connectivity index (χ0) is 18.4. The van der Waals surface area contributed by atoms with Gasteiger partial charge in [-0.15, -0.1) is 0 Å². The Morgan fingerprint density at radius 3 is 2.16 bits per heavy atom. The zero-order valence-corrected chi connectivity index (χ0v) is 15.7. The van der Waals surface area contributed by atoms with E-state index in [-0.39, 0.29) is 0 Å². The third kappa shape index (κ3) is 4.10. The van der Waals surface area contributed by atoms with Crippen LogP contribution in [0.25, 0.3) is 11.3 Å². The highest BCUT2D eigenvalue weighted by atomic mass is 16.5. The van der Waals surface area contributed by atoms with Crippen LogP contribution in [0.5, 0.6) is 17.6 Å². The molecule has 136 valence electrons. The second kappa shape index (κ2) is 8.50. The van der Waals surface area contributed by atoms with Crippen LogP contribution >= 0.6 is 0 Å². The van der Waals surface area contributed by atoms with Gasteiger partial charge in [0.15, 0.2) is 5.82 Å². The first kappa shape index (κ1) is 18.8. The summed E-state index contributed by atoms with van der Waals surface area (Å²) >= 11 is 0. The van der Waals surface area contributed by atoms with Crippen LogP contribution < -0.4 is 19.5 Å². The van der Waals surface area contributed by atoms with E-state index in [9.17, 15) is 0 Å². The quantitative estimate of drug-likeness (QED) is 0.784. The molecule has 0 fully saturated rings. The summed E-state index contributed by atoms with van der Waals surface area (Å²) in [5.41, 5.74) is 2.17. The first-order valence-corrected chi connectivity index (χ1v) is 8.36. The first-order chi connectivity index (χ1) is 12.1. The van der Waals surface area contributed by atoms with Gasteiger partial charge in [-0.1, -0.05) is 13.8 Å². The Morgan fingerprint density at radius 1 is 0.920 bits per heavy atom. The predicted octanol–water partition coefficient (Wildman–Crippen LogP) is 3.47. The highest BCUT2D eigenvalue weighted by molar-refractivity contribution is 5.69. The molecule has 1 N–H and O–H groups in total. The number of hydrogen-bond acceptors (Lipinski definition) is 7. The smallest absolute Gasteiger partial charge is 0.257 e. The van der Waals surface area contributed by atoms with E-state index in [1.165, 1.54) is 0 Å². The van der Waals surface area contributed by atoms with Crippen molar-refractivity contribution >= 4 is 5.82 Å². The topological polar surface area (TPSA) is 78.4 Å². The molecular weight excluding hydrogens is 320 g/mol. The molecule has 0 spiro atoms. The van der Waals surface area contributed by atoms with Crippen molar-refractivity contribution in [2.75, 3.05) is 26.6 Å². The SMILES string of the molecule is CCC(CC)Nc1nc(C)c(-c2ccc(OC)nc2OC)nc1OC. The molecule has 2 rings (SSSR count). The van der Waals surface area contributed by atoms with Gasteiger partial charge in [-0.05, 0) is 25.8 Å². The van der Waals surface area contributed by atoms with E-state index in [0.29, 0.717) is 35.2 Å². The van der Waals surface area contributed by atoms with Crippen LogP contribution in [0.4, 0.5) is 5.82 Å². The number of ether oxygens (including phenoxy) is 3. The number of aromatic nitrogens is 3. The Hall–Kier alpha value is -2.57. The van der Waals surface area contributed by atoms with Crippen LogP contribution in [-0.2, 0) is 0 Å². The number of rotatable bonds is 8. The van der Waals surface area contributed by atoms with Gasteiger partial charge in [0.2, 0.25) is 11.8 Å². The second-order valence-electron chi connectivity index (χ2n) is 5.58.